The summed E-state index contributed by atoms with van der Waals surface area (Å²) in [5.41, 5.74) is 0.964. The Morgan fingerprint density at radius 1 is 1.15 bits per heavy atom. The highest BCUT2D eigenvalue weighted by molar-refractivity contribution is 5.05. The predicted octanol–water partition coefficient (Wildman–Crippen LogP) is 2.59. The number of aliphatic hydroxyl groups excluding tert-OH is 1. The van der Waals surface area contributed by atoms with E-state index >= 15 is 0 Å². The van der Waals surface area contributed by atoms with E-state index < -0.39 is 0 Å². The van der Waals surface area contributed by atoms with Crippen molar-refractivity contribution in [2.24, 2.45) is 22.7 Å². The monoisotopic (exact) mass is 180 g/mol. The molecular weight excluding hydrogens is 160 g/mol. The van der Waals surface area contributed by atoms with Crippen molar-refractivity contribution >= 4 is 0 Å². The fourth-order valence-corrected chi connectivity index (χ4v) is 5.11. The van der Waals surface area contributed by atoms with Crippen molar-refractivity contribution in [3.05, 3.63) is 0 Å². The molecular formula is C12H20O. The van der Waals surface area contributed by atoms with Gasteiger partial charge < -0.3 is 5.11 Å². The minimum atomic E-state index is 0.360. The van der Waals surface area contributed by atoms with Gasteiger partial charge in [-0.05, 0) is 61.2 Å². The molecule has 4 bridgehead atoms. The van der Waals surface area contributed by atoms with Gasteiger partial charge in [0.1, 0.15) is 0 Å². The molecule has 0 radical (unpaired) electrons. The Morgan fingerprint density at radius 3 is 2.23 bits per heavy atom. The largest absolute Gasteiger partial charge is 0.396 e. The van der Waals surface area contributed by atoms with Gasteiger partial charge in [0.05, 0.1) is 0 Å². The Bertz CT molecular complexity index is 219. The molecule has 4 aliphatic carbocycles. The van der Waals surface area contributed by atoms with E-state index in [1.165, 1.54) is 38.5 Å². The summed E-state index contributed by atoms with van der Waals surface area (Å²) in [6.45, 7) is 2.91. The van der Waals surface area contributed by atoms with Crippen molar-refractivity contribution in [2.45, 2.75) is 45.4 Å². The third kappa shape index (κ3) is 1.09. The third-order valence-corrected chi connectivity index (χ3v) is 4.81. The van der Waals surface area contributed by atoms with Crippen LogP contribution in [-0.4, -0.2) is 11.7 Å². The summed E-state index contributed by atoms with van der Waals surface area (Å²) in [5.74, 6) is 1.91. The van der Waals surface area contributed by atoms with Gasteiger partial charge in [0.2, 0.25) is 0 Å². The zero-order valence-corrected chi connectivity index (χ0v) is 8.55. The molecule has 0 amide bonds. The van der Waals surface area contributed by atoms with Crippen LogP contribution in [0.3, 0.4) is 0 Å². The fourth-order valence-electron chi connectivity index (χ4n) is 5.11. The first-order valence-electron chi connectivity index (χ1n) is 5.74. The van der Waals surface area contributed by atoms with Crippen molar-refractivity contribution in [1.29, 1.82) is 0 Å². The van der Waals surface area contributed by atoms with Crippen molar-refractivity contribution < 1.29 is 5.11 Å². The molecule has 1 N–H and O–H groups in total. The predicted molar refractivity (Wildman–Crippen MR) is 52.3 cm³/mol. The standard InChI is InChI=1S/C12H20O/c1-11-3-9-2-10(4-11)6-12(5-9,7-11)8-13/h9-10,13H,2-8H2,1H3. The van der Waals surface area contributed by atoms with E-state index in [4.69, 9.17) is 0 Å². The summed E-state index contributed by atoms with van der Waals surface area (Å²) in [7, 11) is 0. The Morgan fingerprint density at radius 2 is 1.77 bits per heavy atom. The van der Waals surface area contributed by atoms with Gasteiger partial charge in [-0.3, -0.25) is 0 Å². The summed E-state index contributed by atoms with van der Waals surface area (Å²) >= 11 is 0. The van der Waals surface area contributed by atoms with E-state index in [-0.39, 0.29) is 0 Å². The summed E-state index contributed by atoms with van der Waals surface area (Å²) in [4.78, 5) is 0. The van der Waals surface area contributed by atoms with Crippen molar-refractivity contribution in [1.82, 2.24) is 0 Å². The van der Waals surface area contributed by atoms with Gasteiger partial charge in [-0.1, -0.05) is 6.92 Å². The molecule has 0 aromatic heterocycles. The van der Waals surface area contributed by atoms with Crippen LogP contribution in [-0.2, 0) is 0 Å². The van der Waals surface area contributed by atoms with Gasteiger partial charge in [0.25, 0.3) is 0 Å². The van der Waals surface area contributed by atoms with E-state index in [1.807, 2.05) is 0 Å². The zero-order chi connectivity index (χ0) is 9.10. The molecule has 0 spiro atoms. The topological polar surface area (TPSA) is 20.2 Å². The highest BCUT2D eigenvalue weighted by Crippen LogP contribution is 2.64. The molecule has 2 atom stereocenters. The number of hydrogen-bond acceptors (Lipinski definition) is 1. The van der Waals surface area contributed by atoms with Crippen LogP contribution in [0.15, 0.2) is 0 Å². The lowest BCUT2D eigenvalue weighted by Gasteiger charge is -2.61. The first kappa shape index (κ1) is 8.28. The molecule has 4 rings (SSSR count). The van der Waals surface area contributed by atoms with Crippen LogP contribution in [0.4, 0.5) is 0 Å². The van der Waals surface area contributed by atoms with Crippen LogP contribution in [0.2, 0.25) is 0 Å². The SMILES string of the molecule is CC12CC3CC(C1)CC(CO)(C3)C2. The average molecular weight is 180 g/mol. The maximum atomic E-state index is 9.55. The van der Waals surface area contributed by atoms with E-state index in [9.17, 15) is 5.11 Å². The van der Waals surface area contributed by atoms with Crippen LogP contribution in [0.5, 0.6) is 0 Å². The lowest BCUT2D eigenvalue weighted by Crippen LogP contribution is -2.52. The normalized spacial score (nSPS) is 58.6. The molecule has 4 aliphatic rings. The molecule has 4 saturated carbocycles. The quantitative estimate of drug-likeness (QED) is 0.657. The van der Waals surface area contributed by atoms with Gasteiger partial charge in [0, 0.05) is 6.61 Å². The molecule has 2 unspecified atom stereocenters. The second-order valence-electron chi connectivity index (χ2n) is 6.43. The van der Waals surface area contributed by atoms with E-state index in [0.29, 0.717) is 17.4 Å². The summed E-state index contributed by atoms with van der Waals surface area (Å²) in [6, 6.07) is 0. The maximum absolute atomic E-state index is 9.55. The van der Waals surface area contributed by atoms with Gasteiger partial charge in [-0.2, -0.15) is 0 Å². The lowest BCUT2D eigenvalue weighted by molar-refractivity contribution is -0.121. The molecule has 0 aromatic rings. The first-order chi connectivity index (χ1) is 6.13. The molecule has 74 valence electrons. The molecule has 0 aliphatic heterocycles. The smallest absolute Gasteiger partial charge is 0.0487 e. The molecule has 0 saturated heterocycles. The number of rotatable bonds is 1. The van der Waals surface area contributed by atoms with Crippen LogP contribution in [0.25, 0.3) is 0 Å². The minimum Gasteiger partial charge on any atom is -0.396 e. The molecule has 4 fully saturated rings. The Hall–Kier alpha value is -0.0400. The zero-order valence-electron chi connectivity index (χ0n) is 8.55. The van der Waals surface area contributed by atoms with Gasteiger partial charge in [0.15, 0.2) is 0 Å². The maximum Gasteiger partial charge on any atom is 0.0487 e. The average Bonchev–Trinajstić information content (AvgIpc) is 1.99. The van der Waals surface area contributed by atoms with E-state index in [2.05, 4.69) is 6.92 Å². The molecule has 1 nitrogen and oxygen atoms in total. The first-order valence-corrected chi connectivity index (χ1v) is 5.74. The Balaban J connectivity index is 1.95. The number of hydrogen-bond donors (Lipinski definition) is 1. The van der Waals surface area contributed by atoms with Crippen molar-refractivity contribution in [2.75, 3.05) is 6.61 Å². The Kier molecular flexibility index (Phi) is 1.47. The molecule has 1 heteroatoms. The molecule has 0 aromatic carbocycles. The second kappa shape index (κ2) is 2.31. The number of aliphatic hydroxyl groups is 1. The fraction of sp³-hybridized carbons (Fsp3) is 1.00. The van der Waals surface area contributed by atoms with Gasteiger partial charge in [-0.25, -0.2) is 0 Å². The van der Waals surface area contributed by atoms with E-state index in [0.717, 1.165) is 11.8 Å². The third-order valence-electron chi connectivity index (χ3n) is 4.81. The highest BCUT2D eigenvalue weighted by Gasteiger charge is 2.55. The van der Waals surface area contributed by atoms with Gasteiger partial charge in [-0.15, -0.1) is 0 Å². The molecule has 13 heavy (non-hydrogen) atoms. The van der Waals surface area contributed by atoms with Crippen LogP contribution >= 0.6 is 0 Å². The van der Waals surface area contributed by atoms with Crippen molar-refractivity contribution in [3.8, 4) is 0 Å². The van der Waals surface area contributed by atoms with Crippen LogP contribution in [0.1, 0.15) is 45.4 Å². The summed E-state index contributed by atoms with van der Waals surface area (Å²) in [6.07, 6.45) is 8.34. The van der Waals surface area contributed by atoms with Crippen molar-refractivity contribution in [3.63, 3.8) is 0 Å². The minimum absolute atomic E-state index is 0.360. The van der Waals surface area contributed by atoms with E-state index in [1.54, 1.807) is 0 Å². The van der Waals surface area contributed by atoms with Gasteiger partial charge >= 0.3 is 0 Å². The lowest BCUT2D eigenvalue weighted by atomic mass is 9.45. The summed E-state index contributed by atoms with van der Waals surface area (Å²) < 4.78 is 0. The van der Waals surface area contributed by atoms with Crippen LogP contribution < -0.4 is 0 Å². The summed E-state index contributed by atoms with van der Waals surface area (Å²) in [5, 5.41) is 9.55. The molecule has 0 heterocycles. The highest BCUT2D eigenvalue weighted by atomic mass is 16.3. The second-order valence-corrected chi connectivity index (χ2v) is 6.43. The van der Waals surface area contributed by atoms with Crippen LogP contribution in [0, 0.1) is 22.7 Å². The Labute approximate surface area is 80.5 Å².